The Balaban J connectivity index is 2.64. The summed E-state index contributed by atoms with van der Waals surface area (Å²) in [5.41, 5.74) is 2.00. The van der Waals surface area contributed by atoms with E-state index in [1.165, 1.54) is 0 Å². The summed E-state index contributed by atoms with van der Waals surface area (Å²) in [5.74, 6) is 1.05. The first kappa shape index (κ1) is 8.23. The van der Waals surface area contributed by atoms with E-state index in [2.05, 4.69) is 27.5 Å². The largest absolute Gasteiger partial charge is 0.327 e. The summed E-state index contributed by atoms with van der Waals surface area (Å²) in [7, 11) is 0. The highest BCUT2D eigenvalue weighted by molar-refractivity contribution is 5.71. The van der Waals surface area contributed by atoms with Crippen LogP contribution >= 0.6 is 0 Å². The number of pyridine rings is 1. The van der Waals surface area contributed by atoms with Gasteiger partial charge in [-0.2, -0.15) is 0 Å². The van der Waals surface area contributed by atoms with E-state index in [-0.39, 0.29) is 0 Å². The summed E-state index contributed by atoms with van der Waals surface area (Å²) in [6.45, 7) is 5.22. The van der Waals surface area contributed by atoms with Crippen molar-refractivity contribution in [2.75, 3.05) is 0 Å². The molecular formula is C10H13N3. The molecule has 0 aliphatic carbocycles. The lowest BCUT2D eigenvalue weighted by molar-refractivity contribution is 0.676. The van der Waals surface area contributed by atoms with Gasteiger partial charge >= 0.3 is 0 Å². The Bertz CT molecular complexity index is 417. The van der Waals surface area contributed by atoms with Crippen LogP contribution in [0.15, 0.2) is 18.3 Å². The van der Waals surface area contributed by atoms with E-state index in [0.29, 0.717) is 0 Å². The summed E-state index contributed by atoms with van der Waals surface area (Å²) in [4.78, 5) is 8.60. The van der Waals surface area contributed by atoms with Crippen LogP contribution in [0.4, 0.5) is 0 Å². The molecule has 3 nitrogen and oxygen atoms in total. The molecule has 0 aliphatic heterocycles. The summed E-state index contributed by atoms with van der Waals surface area (Å²) in [6, 6.07) is 4.02. The zero-order chi connectivity index (χ0) is 9.26. The van der Waals surface area contributed by atoms with Crippen LogP contribution in [-0.2, 0) is 6.54 Å². The predicted octanol–water partition coefficient (Wildman–Crippen LogP) is 2.15. The minimum Gasteiger partial charge on any atom is -0.327 e. The molecule has 0 spiro atoms. The van der Waals surface area contributed by atoms with Gasteiger partial charge in [0.15, 0.2) is 5.65 Å². The number of aryl methyl sites for hydroxylation is 2. The smallest absolute Gasteiger partial charge is 0.177 e. The Kier molecular flexibility index (Phi) is 2.00. The Morgan fingerprint density at radius 3 is 3.08 bits per heavy atom. The van der Waals surface area contributed by atoms with Crippen LogP contribution in [-0.4, -0.2) is 14.5 Å². The fraction of sp³-hybridized carbons (Fsp3) is 0.400. The van der Waals surface area contributed by atoms with Crippen LogP contribution in [0.2, 0.25) is 0 Å². The standard InChI is InChI=1S/C10H13N3/c1-3-7-13-8(2)12-10-9(13)5-4-6-11-10/h4-6H,3,7H2,1-2H3. The number of nitrogens with zero attached hydrogens (tertiary/aromatic N) is 3. The lowest BCUT2D eigenvalue weighted by atomic mass is 10.4. The van der Waals surface area contributed by atoms with Gasteiger partial charge in [-0.3, -0.25) is 0 Å². The molecular weight excluding hydrogens is 162 g/mol. The fourth-order valence-corrected chi connectivity index (χ4v) is 1.58. The van der Waals surface area contributed by atoms with Crippen LogP contribution in [0.3, 0.4) is 0 Å². The van der Waals surface area contributed by atoms with Gasteiger partial charge < -0.3 is 4.57 Å². The van der Waals surface area contributed by atoms with Gasteiger partial charge in [-0.1, -0.05) is 6.92 Å². The van der Waals surface area contributed by atoms with Gasteiger partial charge in [-0.15, -0.1) is 0 Å². The Labute approximate surface area is 77.4 Å². The first-order valence-corrected chi connectivity index (χ1v) is 4.60. The van der Waals surface area contributed by atoms with Crippen molar-refractivity contribution in [2.45, 2.75) is 26.8 Å². The summed E-state index contributed by atoms with van der Waals surface area (Å²) in [6.07, 6.45) is 2.91. The van der Waals surface area contributed by atoms with Crippen molar-refractivity contribution >= 4 is 11.2 Å². The van der Waals surface area contributed by atoms with Crippen molar-refractivity contribution in [3.8, 4) is 0 Å². The van der Waals surface area contributed by atoms with Crippen LogP contribution in [0.25, 0.3) is 11.2 Å². The van der Waals surface area contributed by atoms with Crippen molar-refractivity contribution < 1.29 is 0 Å². The van der Waals surface area contributed by atoms with Crippen molar-refractivity contribution in [1.29, 1.82) is 0 Å². The minimum atomic E-state index is 0.855. The number of aromatic nitrogens is 3. The molecule has 68 valence electrons. The van der Waals surface area contributed by atoms with Crippen LogP contribution in [0.5, 0.6) is 0 Å². The average Bonchev–Trinajstić information content (AvgIpc) is 2.44. The highest BCUT2D eigenvalue weighted by Gasteiger charge is 2.05. The zero-order valence-corrected chi connectivity index (χ0v) is 7.99. The first-order chi connectivity index (χ1) is 6.33. The van der Waals surface area contributed by atoms with Gasteiger partial charge in [-0.05, 0) is 25.5 Å². The third-order valence-corrected chi connectivity index (χ3v) is 2.16. The van der Waals surface area contributed by atoms with E-state index in [0.717, 1.165) is 30.0 Å². The maximum atomic E-state index is 4.38. The fourth-order valence-electron chi connectivity index (χ4n) is 1.58. The minimum absolute atomic E-state index is 0.855. The summed E-state index contributed by atoms with van der Waals surface area (Å²) in [5, 5.41) is 0. The van der Waals surface area contributed by atoms with Crippen LogP contribution < -0.4 is 0 Å². The van der Waals surface area contributed by atoms with Gasteiger partial charge in [0.1, 0.15) is 5.82 Å². The SMILES string of the molecule is CCCn1c(C)nc2ncccc21. The molecule has 2 rings (SSSR count). The highest BCUT2D eigenvalue weighted by atomic mass is 15.1. The molecule has 0 aliphatic rings. The molecule has 0 fully saturated rings. The van der Waals surface area contributed by atoms with E-state index in [1.807, 2.05) is 13.0 Å². The normalized spacial score (nSPS) is 10.9. The van der Waals surface area contributed by atoms with E-state index >= 15 is 0 Å². The second kappa shape index (κ2) is 3.17. The Morgan fingerprint density at radius 2 is 2.31 bits per heavy atom. The van der Waals surface area contributed by atoms with Gasteiger partial charge in [0.2, 0.25) is 0 Å². The molecule has 0 atom stereocenters. The van der Waals surface area contributed by atoms with Crippen molar-refractivity contribution in [3.63, 3.8) is 0 Å². The number of hydrogen-bond donors (Lipinski definition) is 0. The molecule has 2 heterocycles. The molecule has 0 aromatic carbocycles. The third-order valence-electron chi connectivity index (χ3n) is 2.16. The van der Waals surface area contributed by atoms with E-state index in [9.17, 15) is 0 Å². The van der Waals surface area contributed by atoms with Crippen LogP contribution in [0, 0.1) is 6.92 Å². The molecule has 0 unspecified atom stereocenters. The molecule has 0 saturated heterocycles. The topological polar surface area (TPSA) is 30.7 Å². The third kappa shape index (κ3) is 1.30. The summed E-state index contributed by atoms with van der Waals surface area (Å²) < 4.78 is 2.21. The highest BCUT2D eigenvalue weighted by Crippen LogP contribution is 2.13. The quantitative estimate of drug-likeness (QED) is 0.700. The second-order valence-electron chi connectivity index (χ2n) is 3.16. The van der Waals surface area contributed by atoms with E-state index < -0.39 is 0 Å². The number of hydrogen-bond acceptors (Lipinski definition) is 2. The van der Waals surface area contributed by atoms with Gasteiger partial charge in [-0.25, -0.2) is 9.97 Å². The molecule has 0 saturated carbocycles. The Hall–Kier alpha value is -1.38. The first-order valence-electron chi connectivity index (χ1n) is 4.60. The van der Waals surface area contributed by atoms with Crippen molar-refractivity contribution in [2.24, 2.45) is 0 Å². The molecule has 0 radical (unpaired) electrons. The molecule has 3 heteroatoms. The maximum Gasteiger partial charge on any atom is 0.177 e. The van der Waals surface area contributed by atoms with Crippen molar-refractivity contribution in [1.82, 2.24) is 14.5 Å². The van der Waals surface area contributed by atoms with Gasteiger partial charge in [0.05, 0.1) is 5.52 Å². The maximum absolute atomic E-state index is 4.38. The lowest BCUT2D eigenvalue weighted by Crippen LogP contribution is -1.98. The van der Waals surface area contributed by atoms with Gasteiger partial charge in [0, 0.05) is 12.7 Å². The van der Waals surface area contributed by atoms with E-state index in [1.54, 1.807) is 6.20 Å². The monoisotopic (exact) mass is 175 g/mol. The molecule has 0 bridgehead atoms. The number of fused-ring (bicyclic) bond motifs is 1. The zero-order valence-electron chi connectivity index (χ0n) is 7.99. The number of rotatable bonds is 2. The summed E-state index contributed by atoms with van der Waals surface area (Å²) >= 11 is 0. The number of imidazole rings is 1. The Morgan fingerprint density at radius 1 is 1.46 bits per heavy atom. The molecule has 2 aromatic rings. The molecule has 0 amide bonds. The second-order valence-corrected chi connectivity index (χ2v) is 3.16. The lowest BCUT2D eigenvalue weighted by Gasteiger charge is -2.02. The molecule has 0 N–H and O–H groups in total. The average molecular weight is 175 g/mol. The van der Waals surface area contributed by atoms with Crippen LogP contribution in [0.1, 0.15) is 19.2 Å². The van der Waals surface area contributed by atoms with Gasteiger partial charge in [0.25, 0.3) is 0 Å². The van der Waals surface area contributed by atoms with Crippen molar-refractivity contribution in [3.05, 3.63) is 24.2 Å². The predicted molar refractivity (Wildman–Crippen MR) is 52.6 cm³/mol. The molecule has 2 aromatic heterocycles. The molecule has 13 heavy (non-hydrogen) atoms. The van der Waals surface area contributed by atoms with E-state index in [4.69, 9.17) is 0 Å².